The summed E-state index contributed by atoms with van der Waals surface area (Å²) in [5.74, 6) is -0.226. The predicted molar refractivity (Wildman–Crippen MR) is 70.7 cm³/mol. The van der Waals surface area contributed by atoms with E-state index in [4.69, 9.17) is 14.2 Å². The predicted octanol–water partition coefficient (Wildman–Crippen LogP) is 1.31. The molecule has 0 aromatic rings. The number of hydrogen-bond donors (Lipinski definition) is 0. The van der Waals surface area contributed by atoms with E-state index >= 15 is 0 Å². The van der Waals surface area contributed by atoms with E-state index in [9.17, 15) is 4.79 Å². The van der Waals surface area contributed by atoms with E-state index in [1.807, 2.05) is 34.9 Å². The summed E-state index contributed by atoms with van der Waals surface area (Å²) < 4.78 is 15.8. The number of ether oxygens (including phenoxy) is 3. The molecule has 5 heteroatoms. The molecule has 0 unspecified atom stereocenters. The van der Waals surface area contributed by atoms with E-state index in [2.05, 4.69) is 4.90 Å². The summed E-state index contributed by atoms with van der Waals surface area (Å²) in [5, 5.41) is 0. The Balaban J connectivity index is 3.28. The van der Waals surface area contributed by atoms with Gasteiger partial charge in [0, 0.05) is 6.54 Å². The van der Waals surface area contributed by atoms with E-state index in [0.717, 1.165) is 6.54 Å². The van der Waals surface area contributed by atoms with Gasteiger partial charge in [-0.1, -0.05) is 0 Å². The molecule has 0 aromatic carbocycles. The Morgan fingerprint density at radius 1 is 1.00 bits per heavy atom. The zero-order valence-corrected chi connectivity index (χ0v) is 12.3. The summed E-state index contributed by atoms with van der Waals surface area (Å²) >= 11 is 0. The standard InChI is InChI=1S/C13H27NO4/c1-13(2,3)18-12(15)6-8-16-10-11-17-9-7-14(4)5/h6-11H2,1-5H3. The Morgan fingerprint density at radius 3 is 2.06 bits per heavy atom. The molecule has 5 nitrogen and oxygen atoms in total. The van der Waals surface area contributed by atoms with E-state index in [-0.39, 0.29) is 12.4 Å². The topological polar surface area (TPSA) is 48.0 Å². The van der Waals surface area contributed by atoms with E-state index < -0.39 is 5.60 Å². The van der Waals surface area contributed by atoms with Gasteiger partial charge in [0.15, 0.2) is 0 Å². The SMILES string of the molecule is CN(C)CCOCCOCCC(=O)OC(C)(C)C. The fraction of sp³-hybridized carbons (Fsp3) is 0.923. The van der Waals surface area contributed by atoms with Gasteiger partial charge in [-0.15, -0.1) is 0 Å². The molecule has 0 amide bonds. The molecule has 0 rings (SSSR count). The maximum atomic E-state index is 11.3. The second-order valence-electron chi connectivity index (χ2n) is 5.36. The second kappa shape index (κ2) is 9.30. The molecule has 0 bridgehead atoms. The van der Waals surface area contributed by atoms with Gasteiger partial charge in [-0.25, -0.2) is 0 Å². The second-order valence-corrected chi connectivity index (χ2v) is 5.36. The summed E-state index contributed by atoms with van der Waals surface area (Å²) in [6.07, 6.45) is 0.287. The Bertz CT molecular complexity index is 224. The van der Waals surface area contributed by atoms with Gasteiger partial charge in [0.05, 0.1) is 32.8 Å². The Hall–Kier alpha value is -0.650. The summed E-state index contributed by atoms with van der Waals surface area (Å²) in [5.41, 5.74) is -0.424. The Morgan fingerprint density at radius 2 is 1.56 bits per heavy atom. The zero-order valence-electron chi connectivity index (χ0n) is 12.3. The van der Waals surface area contributed by atoms with Crippen LogP contribution in [0.5, 0.6) is 0 Å². The lowest BCUT2D eigenvalue weighted by Crippen LogP contribution is -2.24. The van der Waals surface area contributed by atoms with E-state index in [1.54, 1.807) is 0 Å². The van der Waals surface area contributed by atoms with Crippen LogP contribution in [0.4, 0.5) is 0 Å². The molecule has 108 valence electrons. The molecular formula is C13H27NO4. The molecule has 0 heterocycles. The summed E-state index contributed by atoms with van der Waals surface area (Å²) in [4.78, 5) is 13.4. The van der Waals surface area contributed by atoms with Crippen molar-refractivity contribution in [2.75, 3.05) is 47.1 Å². The minimum absolute atomic E-state index is 0.226. The van der Waals surface area contributed by atoms with Crippen LogP contribution in [0.3, 0.4) is 0 Å². The monoisotopic (exact) mass is 261 g/mol. The highest BCUT2D eigenvalue weighted by Crippen LogP contribution is 2.07. The minimum Gasteiger partial charge on any atom is -0.460 e. The number of esters is 1. The lowest BCUT2D eigenvalue weighted by atomic mass is 10.2. The number of carbonyl (C=O) groups is 1. The fourth-order valence-electron chi connectivity index (χ4n) is 1.12. The van der Waals surface area contributed by atoms with Crippen molar-refractivity contribution in [3.8, 4) is 0 Å². The third-order valence-corrected chi connectivity index (χ3v) is 1.93. The van der Waals surface area contributed by atoms with Crippen LogP contribution in [-0.4, -0.2) is 63.5 Å². The van der Waals surface area contributed by atoms with Crippen LogP contribution >= 0.6 is 0 Å². The van der Waals surface area contributed by atoms with E-state index in [1.165, 1.54) is 0 Å². The zero-order chi connectivity index (χ0) is 14.0. The fourth-order valence-corrected chi connectivity index (χ4v) is 1.12. The van der Waals surface area contributed by atoms with Crippen molar-refractivity contribution < 1.29 is 19.0 Å². The third kappa shape index (κ3) is 13.4. The van der Waals surface area contributed by atoms with Gasteiger partial charge < -0.3 is 19.1 Å². The molecule has 0 aliphatic heterocycles. The summed E-state index contributed by atoms with van der Waals surface area (Å²) in [6, 6.07) is 0. The molecule has 0 saturated carbocycles. The van der Waals surface area contributed by atoms with Gasteiger partial charge >= 0.3 is 5.97 Å². The summed E-state index contributed by atoms with van der Waals surface area (Å²) in [6.45, 7) is 8.60. The summed E-state index contributed by atoms with van der Waals surface area (Å²) in [7, 11) is 4.00. The Kier molecular flexibility index (Phi) is 8.97. The highest BCUT2D eigenvalue weighted by atomic mass is 16.6. The smallest absolute Gasteiger partial charge is 0.308 e. The van der Waals surface area contributed by atoms with Crippen LogP contribution in [0.25, 0.3) is 0 Å². The molecule has 0 aliphatic carbocycles. The van der Waals surface area contributed by atoms with Gasteiger partial charge in [0.1, 0.15) is 5.60 Å². The van der Waals surface area contributed by atoms with Crippen molar-refractivity contribution in [3.63, 3.8) is 0 Å². The van der Waals surface area contributed by atoms with Gasteiger partial charge in [-0.3, -0.25) is 4.79 Å². The van der Waals surface area contributed by atoms with Crippen molar-refractivity contribution in [1.82, 2.24) is 4.90 Å². The molecule has 0 fully saturated rings. The van der Waals surface area contributed by atoms with Gasteiger partial charge in [-0.05, 0) is 34.9 Å². The number of likely N-dealkylation sites (N-methyl/N-ethyl adjacent to an activating group) is 1. The molecule has 0 atom stereocenters. The molecule has 0 radical (unpaired) electrons. The van der Waals surface area contributed by atoms with Gasteiger partial charge in [0.25, 0.3) is 0 Å². The molecule has 0 saturated heterocycles. The number of nitrogens with zero attached hydrogens (tertiary/aromatic N) is 1. The highest BCUT2D eigenvalue weighted by molar-refractivity contribution is 5.69. The maximum Gasteiger partial charge on any atom is 0.308 e. The number of carbonyl (C=O) groups excluding carboxylic acids is 1. The van der Waals surface area contributed by atoms with Crippen LogP contribution in [0, 0.1) is 0 Å². The first-order valence-electron chi connectivity index (χ1n) is 6.33. The van der Waals surface area contributed by atoms with Crippen molar-refractivity contribution in [1.29, 1.82) is 0 Å². The molecule has 0 aromatic heterocycles. The van der Waals surface area contributed by atoms with Crippen LogP contribution in [0.2, 0.25) is 0 Å². The molecule has 0 spiro atoms. The van der Waals surface area contributed by atoms with Crippen molar-refractivity contribution >= 4 is 5.97 Å². The molecule has 18 heavy (non-hydrogen) atoms. The number of hydrogen-bond acceptors (Lipinski definition) is 5. The highest BCUT2D eigenvalue weighted by Gasteiger charge is 2.15. The maximum absolute atomic E-state index is 11.3. The Labute approximate surface area is 110 Å². The molecular weight excluding hydrogens is 234 g/mol. The van der Waals surface area contributed by atoms with Crippen molar-refractivity contribution in [2.24, 2.45) is 0 Å². The first-order valence-corrected chi connectivity index (χ1v) is 6.33. The van der Waals surface area contributed by atoms with Gasteiger partial charge in [-0.2, -0.15) is 0 Å². The minimum atomic E-state index is -0.424. The van der Waals surface area contributed by atoms with E-state index in [0.29, 0.717) is 26.4 Å². The van der Waals surface area contributed by atoms with Gasteiger partial charge in [0.2, 0.25) is 0 Å². The van der Waals surface area contributed by atoms with Crippen LogP contribution < -0.4 is 0 Å². The molecule has 0 N–H and O–H groups in total. The quantitative estimate of drug-likeness (QED) is 0.463. The normalized spacial score (nSPS) is 11.9. The first kappa shape index (κ1) is 17.4. The van der Waals surface area contributed by atoms with Crippen LogP contribution in [-0.2, 0) is 19.0 Å². The third-order valence-electron chi connectivity index (χ3n) is 1.93. The number of rotatable bonds is 9. The first-order chi connectivity index (χ1) is 8.31. The van der Waals surface area contributed by atoms with Crippen LogP contribution in [0.1, 0.15) is 27.2 Å². The van der Waals surface area contributed by atoms with Crippen molar-refractivity contribution in [3.05, 3.63) is 0 Å². The lowest BCUT2D eigenvalue weighted by molar-refractivity contribution is -0.156. The van der Waals surface area contributed by atoms with Crippen molar-refractivity contribution in [2.45, 2.75) is 32.8 Å². The lowest BCUT2D eigenvalue weighted by Gasteiger charge is -2.19. The molecule has 0 aliphatic rings. The average Bonchev–Trinajstić information content (AvgIpc) is 2.18. The van der Waals surface area contributed by atoms with Crippen LogP contribution in [0.15, 0.2) is 0 Å². The average molecular weight is 261 g/mol. The largest absolute Gasteiger partial charge is 0.460 e.